The van der Waals surface area contributed by atoms with Crippen LogP contribution in [0.1, 0.15) is 11.1 Å². The predicted octanol–water partition coefficient (Wildman–Crippen LogP) is 2.10. The second kappa shape index (κ2) is 5.07. The molecular formula is C18H15N2O3+. The molecule has 5 heteroatoms. The van der Waals surface area contributed by atoms with E-state index in [1.54, 1.807) is 6.07 Å². The average Bonchev–Trinajstić information content (AvgIpc) is 2.96. The molecule has 0 spiro atoms. The number of aryl methyl sites for hydroxylation is 1. The maximum Gasteiger partial charge on any atom is 0.344 e. The Morgan fingerprint density at radius 2 is 2.09 bits per heavy atom. The highest BCUT2D eigenvalue weighted by Gasteiger charge is 2.14. The molecule has 114 valence electrons. The third-order valence-corrected chi connectivity index (χ3v) is 3.93. The quantitative estimate of drug-likeness (QED) is 0.456. The monoisotopic (exact) mass is 307 g/mol. The number of hydrogen-bond donors (Lipinski definition) is 1. The van der Waals surface area contributed by atoms with Gasteiger partial charge in [0.2, 0.25) is 12.4 Å². The molecule has 0 aliphatic heterocycles. The van der Waals surface area contributed by atoms with Crippen molar-refractivity contribution >= 4 is 11.0 Å². The van der Waals surface area contributed by atoms with Crippen molar-refractivity contribution in [2.45, 2.75) is 13.5 Å². The minimum Gasteiger partial charge on any atom is -0.422 e. The van der Waals surface area contributed by atoms with Crippen LogP contribution < -0.4 is 10.1 Å². The van der Waals surface area contributed by atoms with Crippen LogP contribution in [0.3, 0.4) is 0 Å². The summed E-state index contributed by atoms with van der Waals surface area (Å²) < 4.78 is 9.25. The van der Waals surface area contributed by atoms with E-state index in [4.69, 9.17) is 4.42 Å². The van der Waals surface area contributed by atoms with Crippen molar-refractivity contribution in [3.05, 3.63) is 76.7 Å². The van der Waals surface area contributed by atoms with Crippen molar-refractivity contribution in [3.8, 4) is 11.1 Å². The molecule has 1 N–H and O–H groups in total. The lowest BCUT2D eigenvalue weighted by molar-refractivity contribution is -0.617. The number of hydrogen-bond acceptors (Lipinski definition) is 3. The summed E-state index contributed by atoms with van der Waals surface area (Å²) in [6.07, 6.45) is 7.71. The van der Waals surface area contributed by atoms with E-state index in [1.807, 2.05) is 65.0 Å². The lowest BCUT2D eigenvalue weighted by atomic mass is 10.1. The van der Waals surface area contributed by atoms with Gasteiger partial charge >= 0.3 is 5.63 Å². The lowest BCUT2D eigenvalue weighted by Crippen LogP contribution is -2.26. The highest BCUT2D eigenvalue weighted by Crippen LogP contribution is 2.21. The molecule has 0 fully saturated rings. The van der Waals surface area contributed by atoms with Crippen molar-refractivity contribution in [2.24, 2.45) is 0 Å². The molecule has 5 nitrogen and oxygen atoms in total. The Hall–Kier alpha value is -2.92. The van der Waals surface area contributed by atoms with Crippen molar-refractivity contribution < 1.29 is 14.0 Å². The van der Waals surface area contributed by atoms with Gasteiger partial charge in [-0.2, -0.15) is 0 Å². The minimum absolute atomic E-state index is 0.0811. The van der Waals surface area contributed by atoms with Crippen molar-refractivity contribution in [1.82, 2.24) is 4.52 Å². The summed E-state index contributed by atoms with van der Waals surface area (Å²) in [7, 11) is 0. The third-order valence-electron chi connectivity index (χ3n) is 3.93. The number of nitrogens with zero attached hydrogens (tertiary/aromatic N) is 2. The zero-order valence-corrected chi connectivity index (χ0v) is 12.6. The highest BCUT2D eigenvalue weighted by molar-refractivity contribution is 5.81. The molecule has 0 saturated carbocycles. The number of aliphatic hydroxyl groups is 1. The van der Waals surface area contributed by atoms with Gasteiger partial charge in [-0.1, -0.05) is 16.6 Å². The first-order valence-corrected chi connectivity index (χ1v) is 7.32. The van der Waals surface area contributed by atoms with Crippen LogP contribution in [0, 0.1) is 6.92 Å². The molecule has 23 heavy (non-hydrogen) atoms. The first-order valence-electron chi connectivity index (χ1n) is 7.32. The molecule has 0 aliphatic rings. The standard InChI is InChI=1S/C18H15N2O3/c1-12-4-5-19-9-15(10-20(19)8-12)16-7-14-3-2-13(11-21)6-17(14)23-18(16)22/h2-10,21H,11H2,1H3/q+1. The van der Waals surface area contributed by atoms with Gasteiger partial charge in [-0.05, 0) is 30.7 Å². The molecule has 0 saturated heterocycles. The minimum atomic E-state index is -0.388. The predicted molar refractivity (Wildman–Crippen MR) is 85.2 cm³/mol. The third kappa shape index (κ3) is 2.31. The van der Waals surface area contributed by atoms with Crippen LogP contribution in [0.25, 0.3) is 22.1 Å². The number of benzene rings is 1. The largest absolute Gasteiger partial charge is 0.422 e. The second-order valence-electron chi connectivity index (χ2n) is 5.64. The maximum atomic E-state index is 12.3. The molecule has 0 radical (unpaired) electrons. The lowest BCUT2D eigenvalue weighted by Gasteiger charge is -2.01. The molecular weight excluding hydrogens is 292 g/mol. The van der Waals surface area contributed by atoms with E-state index in [2.05, 4.69) is 0 Å². The number of fused-ring (bicyclic) bond motifs is 2. The summed E-state index contributed by atoms with van der Waals surface area (Å²) >= 11 is 0. The zero-order valence-electron chi connectivity index (χ0n) is 12.6. The first-order chi connectivity index (χ1) is 11.1. The van der Waals surface area contributed by atoms with Gasteiger partial charge in [0.1, 0.15) is 5.58 Å². The van der Waals surface area contributed by atoms with Gasteiger partial charge in [0.25, 0.3) is 0 Å². The molecule has 3 aromatic heterocycles. The van der Waals surface area contributed by atoms with E-state index in [1.165, 1.54) is 0 Å². The highest BCUT2D eigenvalue weighted by atomic mass is 16.4. The van der Waals surface area contributed by atoms with Gasteiger partial charge in [-0.3, -0.25) is 0 Å². The van der Waals surface area contributed by atoms with E-state index < -0.39 is 0 Å². The van der Waals surface area contributed by atoms with Gasteiger partial charge in [-0.15, -0.1) is 4.52 Å². The molecule has 3 heterocycles. The van der Waals surface area contributed by atoms with Crippen LogP contribution in [0.5, 0.6) is 0 Å². The molecule has 0 bridgehead atoms. The van der Waals surface area contributed by atoms with Crippen molar-refractivity contribution in [3.63, 3.8) is 0 Å². The van der Waals surface area contributed by atoms with Gasteiger partial charge in [0.05, 0.1) is 30.1 Å². The van der Waals surface area contributed by atoms with Crippen LogP contribution in [-0.4, -0.2) is 9.62 Å². The summed E-state index contributed by atoms with van der Waals surface area (Å²) in [6, 6.07) is 9.18. The van der Waals surface area contributed by atoms with Gasteiger partial charge in [0, 0.05) is 10.9 Å². The summed E-state index contributed by atoms with van der Waals surface area (Å²) in [6.45, 7) is 1.94. The van der Waals surface area contributed by atoms with E-state index in [-0.39, 0.29) is 12.2 Å². The Bertz CT molecular complexity index is 1090. The Balaban J connectivity index is 1.92. The van der Waals surface area contributed by atoms with Gasteiger partial charge in [-0.25, -0.2) is 4.79 Å². The fourth-order valence-corrected chi connectivity index (χ4v) is 2.72. The molecule has 0 amide bonds. The summed E-state index contributed by atoms with van der Waals surface area (Å²) in [5.41, 5.74) is 3.26. The van der Waals surface area contributed by atoms with Crippen LogP contribution in [-0.2, 0) is 6.61 Å². The Kier molecular flexibility index (Phi) is 3.02. The SMILES string of the molecule is Cc1ccn2cc(-c3cc4ccc(CO)cc4oc3=O)c[n+]2c1. The maximum absolute atomic E-state index is 12.3. The van der Waals surface area contributed by atoms with Gasteiger partial charge in [0.15, 0.2) is 0 Å². The Labute approximate surface area is 131 Å². The Morgan fingerprint density at radius 1 is 1.22 bits per heavy atom. The van der Waals surface area contributed by atoms with Gasteiger partial charge < -0.3 is 9.52 Å². The number of aliphatic hydroxyl groups excluding tert-OH is 1. The topological polar surface area (TPSA) is 59.0 Å². The second-order valence-corrected chi connectivity index (χ2v) is 5.64. The molecule has 0 unspecified atom stereocenters. The molecule has 1 aromatic carbocycles. The molecule has 0 aliphatic carbocycles. The van der Waals surface area contributed by atoms with Crippen LogP contribution in [0.4, 0.5) is 0 Å². The van der Waals surface area contributed by atoms with E-state index >= 15 is 0 Å². The summed E-state index contributed by atoms with van der Waals surface area (Å²) in [4.78, 5) is 12.3. The summed E-state index contributed by atoms with van der Waals surface area (Å²) in [5, 5.41) is 10.0. The van der Waals surface area contributed by atoms with Crippen LogP contribution in [0.2, 0.25) is 0 Å². The van der Waals surface area contributed by atoms with Crippen LogP contribution in [0.15, 0.2) is 64.3 Å². The average molecular weight is 307 g/mol. The molecule has 0 atom stereocenters. The fourth-order valence-electron chi connectivity index (χ4n) is 2.72. The van der Waals surface area contributed by atoms with Crippen molar-refractivity contribution in [1.29, 1.82) is 0 Å². The molecule has 4 aromatic rings. The van der Waals surface area contributed by atoms with E-state index in [0.29, 0.717) is 16.7 Å². The fraction of sp³-hybridized carbons (Fsp3) is 0.111. The van der Waals surface area contributed by atoms with E-state index in [0.717, 1.165) is 16.5 Å². The molecule has 4 rings (SSSR count). The Morgan fingerprint density at radius 3 is 2.91 bits per heavy atom. The summed E-state index contributed by atoms with van der Waals surface area (Å²) in [5.74, 6) is 0. The van der Waals surface area contributed by atoms with E-state index in [9.17, 15) is 9.90 Å². The smallest absolute Gasteiger partial charge is 0.344 e. The zero-order chi connectivity index (χ0) is 16.0. The number of aromatic nitrogens is 2. The first kappa shape index (κ1) is 13.7. The normalized spacial score (nSPS) is 11.4. The number of rotatable bonds is 2. The van der Waals surface area contributed by atoms with Crippen molar-refractivity contribution in [2.75, 3.05) is 0 Å². The van der Waals surface area contributed by atoms with Crippen LogP contribution >= 0.6 is 0 Å².